The Morgan fingerprint density at radius 3 is 2.71 bits per heavy atom. The van der Waals surface area contributed by atoms with Gasteiger partial charge in [-0.2, -0.15) is 5.26 Å². The lowest BCUT2D eigenvalue weighted by Crippen LogP contribution is -2.52. The molecule has 2 N–H and O–H groups in total. The summed E-state index contributed by atoms with van der Waals surface area (Å²) in [4.78, 5) is 42.5. The number of benzene rings is 2. The molecule has 13 nitrogen and oxygen atoms in total. The zero-order chi connectivity index (χ0) is 34.6. The number of likely N-dealkylation sites (N-methyl/N-ethyl adjacent to an activating group) is 1. The molecule has 16 heteroatoms. The third-order valence-corrected chi connectivity index (χ3v) is 9.09. The Balaban J connectivity index is 1.35. The number of ether oxygens (including phenoxy) is 2. The summed E-state index contributed by atoms with van der Waals surface area (Å²) in [5.74, 6) is -3.52. The number of thiazole rings is 1. The van der Waals surface area contributed by atoms with E-state index in [0.717, 1.165) is 28.7 Å². The fraction of sp³-hybridized carbons (Fsp3) is 0.344. The number of rotatable bonds is 11. The molecular formula is C32H32F2N7O6S+. The van der Waals surface area contributed by atoms with Crippen molar-refractivity contribution in [2.45, 2.75) is 63.8 Å². The van der Waals surface area contributed by atoms with E-state index in [1.165, 1.54) is 47.2 Å². The number of nitriles is 1. The maximum Gasteiger partial charge on any atom is 0.419 e. The van der Waals surface area contributed by atoms with E-state index in [1.807, 2.05) is 0 Å². The first-order chi connectivity index (χ1) is 22.9. The van der Waals surface area contributed by atoms with Crippen molar-refractivity contribution in [1.82, 2.24) is 25.0 Å². The van der Waals surface area contributed by atoms with Crippen LogP contribution in [0.4, 0.5) is 13.6 Å². The predicted molar refractivity (Wildman–Crippen MR) is 164 cm³/mol. The van der Waals surface area contributed by atoms with E-state index in [-0.39, 0.29) is 31.7 Å². The lowest BCUT2D eigenvalue weighted by molar-refractivity contribution is -0.728. The van der Waals surface area contributed by atoms with Gasteiger partial charge in [0.1, 0.15) is 23.8 Å². The first-order valence-corrected chi connectivity index (χ1v) is 15.7. The van der Waals surface area contributed by atoms with Gasteiger partial charge in [0.25, 0.3) is 6.33 Å². The summed E-state index contributed by atoms with van der Waals surface area (Å²) in [7, 11) is 1.53. The number of halogens is 2. The topological polar surface area (TPSA) is 164 Å². The Morgan fingerprint density at radius 1 is 1.27 bits per heavy atom. The van der Waals surface area contributed by atoms with Crippen LogP contribution in [0.2, 0.25) is 0 Å². The molecule has 1 fully saturated rings. The number of aromatic nitrogens is 4. The van der Waals surface area contributed by atoms with Gasteiger partial charge in [0, 0.05) is 40.9 Å². The highest BCUT2D eigenvalue weighted by atomic mass is 32.1. The van der Waals surface area contributed by atoms with Gasteiger partial charge >= 0.3 is 12.1 Å². The number of esters is 1. The van der Waals surface area contributed by atoms with Crippen LogP contribution < -0.4 is 9.88 Å². The highest BCUT2D eigenvalue weighted by Gasteiger charge is 2.44. The Bertz CT molecular complexity index is 1860. The summed E-state index contributed by atoms with van der Waals surface area (Å²) >= 11 is 1.23. The number of nitrogens with one attached hydrogen (secondary N) is 1. The van der Waals surface area contributed by atoms with Gasteiger partial charge in [0.05, 0.1) is 28.4 Å². The Labute approximate surface area is 278 Å². The van der Waals surface area contributed by atoms with Crippen molar-refractivity contribution >= 4 is 29.3 Å². The lowest BCUT2D eigenvalue weighted by atomic mass is 9.82. The van der Waals surface area contributed by atoms with Crippen molar-refractivity contribution in [2.75, 3.05) is 7.05 Å². The second-order valence-electron chi connectivity index (χ2n) is 11.2. The van der Waals surface area contributed by atoms with E-state index >= 15 is 4.39 Å². The number of hydrogen-bond acceptors (Lipinski definition) is 11. The molecule has 1 aliphatic rings. The highest BCUT2D eigenvalue weighted by Crippen LogP contribution is 2.41. The maximum absolute atomic E-state index is 15.2. The van der Waals surface area contributed by atoms with Crippen LogP contribution in [0.25, 0.3) is 11.3 Å². The second kappa shape index (κ2) is 14.3. The molecule has 2 aromatic heterocycles. The summed E-state index contributed by atoms with van der Waals surface area (Å²) < 4.78 is 42.9. The molecule has 0 radical (unpaired) electrons. The molecule has 250 valence electrons. The molecule has 3 heterocycles. The van der Waals surface area contributed by atoms with Crippen LogP contribution >= 0.6 is 11.3 Å². The van der Waals surface area contributed by atoms with Crippen LogP contribution in [0.5, 0.6) is 0 Å². The Hall–Kier alpha value is -5.11. The molecule has 1 saturated heterocycles. The molecule has 0 bridgehead atoms. The molecule has 4 aromatic rings. The summed E-state index contributed by atoms with van der Waals surface area (Å²) in [5, 5.41) is 30.5. The van der Waals surface area contributed by atoms with Crippen molar-refractivity contribution in [1.29, 1.82) is 5.26 Å². The van der Waals surface area contributed by atoms with E-state index < -0.39 is 53.4 Å². The number of amides is 2. The molecule has 0 saturated carbocycles. The number of carbonyl (C=O) groups excluding carboxylic acids is 3. The van der Waals surface area contributed by atoms with Gasteiger partial charge in [-0.1, -0.05) is 19.1 Å². The van der Waals surface area contributed by atoms with Crippen LogP contribution in [-0.2, 0) is 37.9 Å². The van der Waals surface area contributed by atoms with E-state index in [4.69, 9.17) is 14.7 Å². The fourth-order valence-electron chi connectivity index (χ4n) is 5.52. The summed E-state index contributed by atoms with van der Waals surface area (Å²) in [6.07, 6.45) is 1.14. The Kier molecular flexibility index (Phi) is 10.2. The molecule has 48 heavy (non-hydrogen) atoms. The molecule has 0 spiro atoms. The van der Waals surface area contributed by atoms with Crippen molar-refractivity contribution in [2.24, 2.45) is 0 Å². The largest absolute Gasteiger partial charge is 0.444 e. The van der Waals surface area contributed by atoms with Crippen molar-refractivity contribution in [3.63, 3.8) is 0 Å². The maximum atomic E-state index is 15.2. The molecular weight excluding hydrogens is 648 g/mol. The predicted octanol–water partition coefficient (Wildman–Crippen LogP) is 3.33. The second-order valence-corrected chi connectivity index (χ2v) is 12.1. The van der Waals surface area contributed by atoms with Crippen LogP contribution in [0, 0.1) is 23.0 Å². The first-order valence-electron chi connectivity index (χ1n) is 14.8. The van der Waals surface area contributed by atoms with Gasteiger partial charge in [0.2, 0.25) is 19.0 Å². The summed E-state index contributed by atoms with van der Waals surface area (Å²) in [6, 6.07) is 10.9. The summed E-state index contributed by atoms with van der Waals surface area (Å²) in [5.41, 5.74) is -0.550. The molecule has 5 rings (SSSR count). The van der Waals surface area contributed by atoms with E-state index in [2.05, 4.69) is 21.5 Å². The average Bonchev–Trinajstić information content (AvgIpc) is 3.83. The zero-order valence-electron chi connectivity index (χ0n) is 26.2. The quantitative estimate of drug-likeness (QED) is 0.137. The van der Waals surface area contributed by atoms with Gasteiger partial charge in [-0.15, -0.1) is 16.0 Å². The van der Waals surface area contributed by atoms with Gasteiger partial charge in [0.15, 0.2) is 6.23 Å². The minimum Gasteiger partial charge on any atom is -0.444 e. The molecule has 4 atom stereocenters. The standard InChI is InChI=1S/C32H32F2N7O6S/c1-19(30-38-26(14-48-30)22-6-4-21(13-35)5-7-22)32(45,24-12-23(33)8-9-25(24)34)15-40-17-39(16-37-40)18-46-31(44)41-27(10-11-28(41)43)29(36-3)47-20(2)42/h4-9,12,14,16-17,19,27,29,36,45H,10-11,15,18H2,1-3H3/q+1/t19-,27-,29?,32+/m0/s1. The average molecular weight is 681 g/mol. The zero-order valence-corrected chi connectivity index (χ0v) is 27.0. The van der Waals surface area contributed by atoms with Crippen LogP contribution in [-0.4, -0.2) is 62.1 Å². The number of nitrogens with zero attached hydrogens (tertiary/aromatic N) is 6. The third-order valence-electron chi connectivity index (χ3n) is 8.06. The van der Waals surface area contributed by atoms with Gasteiger partial charge < -0.3 is 14.6 Å². The molecule has 1 aliphatic heterocycles. The van der Waals surface area contributed by atoms with Crippen LogP contribution in [0.15, 0.2) is 60.5 Å². The van der Waals surface area contributed by atoms with Gasteiger partial charge in [-0.3, -0.25) is 14.9 Å². The summed E-state index contributed by atoms with van der Waals surface area (Å²) in [6.45, 7) is 2.13. The number of aliphatic hydroxyl groups is 1. The molecule has 0 aliphatic carbocycles. The number of carbonyl (C=O) groups is 3. The van der Waals surface area contributed by atoms with Crippen molar-refractivity contribution in [3.8, 4) is 17.3 Å². The number of hydrogen-bond donors (Lipinski definition) is 2. The number of likely N-dealkylation sites (tertiary alicyclic amines) is 1. The minimum atomic E-state index is -2.05. The minimum absolute atomic E-state index is 0.0613. The molecule has 1 unspecified atom stereocenters. The fourth-order valence-corrected chi connectivity index (χ4v) is 6.49. The van der Waals surface area contributed by atoms with E-state index in [9.17, 15) is 23.9 Å². The smallest absolute Gasteiger partial charge is 0.419 e. The van der Waals surface area contributed by atoms with Gasteiger partial charge in [-0.25, -0.2) is 28.0 Å². The van der Waals surface area contributed by atoms with E-state index in [1.54, 1.807) is 36.6 Å². The van der Waals surface area contributed by atoms with Gasteiger partial charge in [-0.05, 0) is 43.8 Å². The molecule has 2 amide bonds. The Morgan fingerprint density at radius 2 is 2.02 bits per heavy atom. The van der Waals surface area contributed by atoms with Crippen molar-refractivity contribution in [3.05, 3.63) is 88.3 Å². The first kappa shape index (κ1) is 34.2. The van der Waals surface area contributed by atoms with Crippen LogP contribution in [0.1, 0.15) is 48.7 Å². The third kappa shape index (κ3) is 7.23. The SMILES string of the molecule is CNC(OC(C)=O)[C@@H]1CCC(=O)N1C(=O)OC[n+]1cnn(C[C@](O)(c2cc(F)ccc2F)[C@@H](C)c2nc(-c3ccc(C#N)cc3)cs2)c1. The highest BCUT2D eigenvalue weighted by molar-refractivity contribution is 7.10. The van der Waals surface area contributed by atoms with Crippen molar-refractivity contribution < 1.29 is 42.3 Å². The van der Waals surface area contributed by atoms with Crippen LogP contribution in [0.3, 0.4) is 0 Å². The van der Waals surface area contributed by atoms with E-state index in [0.29, 0.717) is 16.3 Å². The monoisotopic (exact) mass is 680 g/mol. The number of imide groups is 1. The lowest BCUT2D eigenvalue weighted by Gasteiger charge is -2.32. The molecule has 2 aromatic carbocycles. The normalized spacial score (nSPS) is 17.0.